The van der Waals surface area contributed by atoms with E-state index in [1.54, 1.807) is 0 Å². The van der Waals surface area contributed by atoms with Gasteiger partial charge in [-0.05, 0) is 50.6 Å². The maximum absolute atomic E-state index is 5.16. The van der Waals surface area contributed by atoms with Crippen molar-refractivity contribution in [3.05, 3.63) is 181 Å². The van der Waals surface area contributed by atoms with Gasteiger partial charge in [0.05, 0.1) is 17.7 Å². The van der Waals surface area contributed by atoms with Crippen LogP contribution in [0.3, 0.4) is 0 Å². The molecule has 8 rings (SSSR count). The first kappa shape index (κ1) is 34.0. The third kappa shape index (κ3) is 6.97. The van der Waals surface area contributed by atoms with E-state index in [0.717, 1.165) is 50.5 Å². The minimum Gasteiger partial charge on any atom is -0.463 e. The molecule has 252 valence electrons. The summed E-state index contributed by atoms with van der Waals surface area (Å²) in [5, 5.41) is 11.7. The first-order valence-corrected chi connectivity index (χ1v) is 16.9. The Bertz CT molecular complexity index is 2220. The van der Waals surface area contributed by atoms with Gasteiger partial charge in [-0.15, -0.1) is 42.6 Å². The van der Waals surface area contributed by atoms with Crippen molar-refractivity contribution in [2.75, 3.05) is 9.91 Å². The molecule has 0 saturated carbocycles. The number of anilines is 2. The van der Waals surface area contributed by atoms with Gasteiger partial charge in [0.25, 0.3) is 0 Å². The van der Waals surface area contributed by atoms with Gasteiger partial charge in [-0.1, -0.05) is 113 Å². The van der Waals surface area contributed by atoms with Gasteiger partial charge in [0, 0.05) is 32.4 Å². The molecule has 1 aliphatic heterocycles. The Morgan fingerprint density at radius 3 is 1.92 bits per heavy atom. The second-order valence-electron chi connectivity index (χ2n) is 12.7. The van der Waals surface area contributed by atoms with Crippen molar-refractivity contribution < 1.29 is 21.1 Å². The number of hydrazone groups is 1. The number of aromatic nitrogens is 2. The third-order valence-electron chi connectivity index (χ3n) is 9.16. The van der Waals surface area contributed by atoms with Crippen LogP contribution in [0, 0.1) is 39.6 Å². The predicted molar refractivity (Wildman–Crippen MR) is 208 cm³/mol. The summed E-state index contributed by atoms with van der Waals surface area (Å²) in [5.74, 6) is 0. The van der Waals surface area contributed by atoms with Crippen LogP contribution in [0.15, 0.2) is 151 Å². The van der Waals surface area contributed by atoms with E-state index in [9.17, 15) is 0 Å². The van der Waals surface area contributed by atoms with Crippen molar-refractivity contribution in [2.45, 2.75) is 20.8 Å². The molecule has 1 aliphatic rings. The predicted octanol–water partition coefficient (Wildman–Crippen LogP) is 7.63. The number of para-hydroxylation sites is 2. The average molecular weight is 840 g/mol. The van der Waals surface area contributed by atoms with Crippen molar-refractivity contribution in [1.82, 2.24) is 9.78 Å². The van der Waals surface area contributed by atoms with Crippen LogP contribution in [0.25, 0.3) is 28.2 Å². The van der Waals surface area contributed by atoms with Crippen molar-refractivity contribution in [1.29, 1.82) is 0 Å². The summed E-state index contributed by atoms with van der Waals surface area (Å²) in [6.07, 6.45) is 1.83. The molecule has 0 fully saturated rings. The Kier molecular flexibility index (Phi) is 9.88. The topological polar surface area (TPSA) is 36.7 Å². The summed E-state index contributed by atoms with van der Waals surface area (Å²) < 4.78 is 2.03. The normalized spacial score (nSPS) is 12.2. The Balaban J connectivity index is 0.00000406. The van der Waals surface area contributed by atoms with E-state index in [2.05, 4.69) is 136 Å². The van der Waals surface area contributed by atoms with Crippen LogP contribution in [0.5, 0.6) is 0 Å². The Morgan fingerprint density at radius 1 is 0.627 bits per heavy atom. The van der Waals surface area contributed by atoms with Gasteiger partial charge in [-0.3, -0.25) is 0 Å². The maximum atomic E-state index is 5.16. The first-order valence-electron chi connectivity index (χ1n) is 16.9. The summed E-state index contributed by atoms with van der Waals surface area (Å²) in [6.45, 7) is 8.45. The van der Waals surface area contributed by atoms with Crippen LogP contribution in [-0.2, 0) is 21.1 Å². The molecule has 6 aromatic carbocycles. The Labute approximate surface area is 315 Å². The van der Waals surface area contributed by atoms with Crippen molar-refractivity contribution in [3.63, 3.8) is 0 Å². The largest absolute Gasteiger partial charge is 0.463 e. The van der Waals surface area contributed by atoms with Crippen molar-refractivity contribution in [3.8, 4) is 28.2 Å². The molecule has 0 saturated heterocycles. The second kappa shape index (κ2) is 14.8. The van der Waals surface area contributed by atoms with Crippen LogP contribution in [0.4, 0.5) is 11.4 Å². The van der Waals surface area contributed by atoms with E-state index < -0.39 is 0 Å². The Morgan fingerprint density at radius 2 is 1.24 bits per heavy atom. The second-order valence-corrected chi connectivity index (χ2v) is 12.7. The average Bonchev–Trinajstić information content (AvgIpc) is 3.84. The van der Waals surface area contributed by atoms with Crippen LogP contribution >= 0.6 is 0 Å². The Hall–Kier alpha value is -5.45. The van der Waals surface area contributed by atoms with Gasteiger partial charge >= 0.3 is 0 Å². The van der Waals surface area contributed by atoms with Crippen LogP contribution in [0.1, 0.15) is 16.7 Å². The molecule has 0 bridgehead atoms. The molecule has 2 heterocycles. The monoisotopic (exact) mass is 839 g/mol. The van der Waals surface area contributed by atoms with E-state index in [1.807, 2.05) is 70.1 Å². The first-order chi connectivity index (χ1) is 24.5. The summed E-state index contributed by atoms with van der Waals surface area (Å²) in [6, 6.07) is 58.0. The van der Waals surface area contributed by atoms with Gasteiger partial charge in [0.1, 0.15) is 0 Å². The molecule has 51 heavy (non-hydrogen) atoms. The molecule has 5 nitrogen and oxygen atoms in total. The molecule has 0 aliphatic carbocycles. The molecule has 0 radical (unpaired) electrons. The fourth-order valence-corrected chi connectivity index (χ4v) is 6.95. The quantitative estimate of drug-likeness (QED) is 0.117. The zero-order valence-electron chi connectivity index (χ0n) is 28.6. The molecule has 0 amide bonds. The van der Waals surface area contributed by atoms with Crippen molar-refractivity contribution >= 4 is 40.8 Å². The minimum atomic E-state index is -0.114. The SMILES string of the molecule is Cc1cc(C)c(B(c2[c-]c(-c3cc(-c4ccccc4)n(-c4ccccc4)n3)ccc2)c2[c-]c(N3[CH-]N(c4ccccc4)C=N3)ccc2)c(C)c1.[Pt]. The molecular formula is C44H35BN5Pt-3. The van der Waals surface area contributed by atoms with Gasteiger partial charge in [-0.2, -0.15) is 34.2 Å². The molecule has 0 spiro atoms. The molecule has 0 unspecified atom stereocenters. The van der Waals surface area contributed by atoms with Gasteiger partial charge < -0.3 is 9.91 Å². The number of nitrogens with zero attached hydrogens (tertiary/aromatic N) is 5. The number of benzene rings is 6. The molecule has 7 heteroatoms. The number of rotatable bonds is 8. The zero-order valence-corrected chi connectivity index (χ0v) is 30.9. The number of hydrogen-bond acceptors (Lipinski definition) is 4. The standard InChI is InChI=1S/C44H35BN5.Pt/c1-32-25-33(2)44(34(3)26-32)45(38-19-14-24-41(28-38)49-31-48(30-46-49)39-20-9-5-10-21-39)37-18-13-17-36(27-37)42-29-43(35-15-7-4-8-16-35)50(47-42)40-22-11-6-12-23-40;/h4-26,29-31H,1-3H3;/q-3;. The molecule has 1 aromatic heterocycles. The maximum Gasteiger partial charge on any atom is 0.198 e. The fraction of sp³-hybridized carbons (Fsp3) is 0.0682. The third-order valence-corrected chi connectivity index (χ3v) is 9.16. The number of aryl methyl sites for hydroxylation is 3. The van der Waals surface area contributed by atoms with E-state index in [1.165, 1.54) is 22.2 Å². The summed E-state index contributed by atoms with van der Waals surface area (Å²) >= 11 is 0. The summed E-state index contributed by atoms with van der Waals surface area (Å²) in [7, 11) is 0. The van der Waals surface area contributed by atoms with E-state index in [4.69, 9.17) is 10.2 Å². The van der Waals surface area contributed by atoms with Crippen LogP contribution < -0.4 is 26.3 Å². The van der Waals surface area contributed by atoms with E-state index in [-0.39, 0.29) is 27.8 Å². The smallest absolute Gasteiger partial charge is 0.198 e. The summed E-state index contributed by atoms with van der Waals surface area (Å²) in [5.41, 5.74) is 14.0. The molecule has 0 N–H and O–H groups in total. The zero-order chi connectivity index (χ0) is 34.0. The minimum absolute atomic E-state index is 0. The fourth-order valence-electron chi connectivity index (χ4n) is 6.95. The van der Waals surface area contributed by atoms with E-state index >= 15 is 0 Å². The van der Waals surface area contributed by atoms with Crippen molar-refractivity contribution in [2.24, 2.45) is 5.10 Å². The van der Waals surface area contributed by atoms with Gasteiger partial charge in [0.2, 0.25) is 0 Å². The van der Waals surface area contributed by atoms with E-state index in [0.29, 0.717) is 0 Å². The number of hydrogen-bond donors (Lipinski definition) is 0. The molecule has 0 atom stereocenters. The van der Waals surface area contributed by atoms with Gasteiger partial charge in [0.15, 0.2) is 6.71 Å². The van der Waals surface area contributed by atoms with Gasteiger partial charge in [-0.25, -0.2) is 9.78 Å². The molecular weight excluding hydrogens is 804 g/mol. The van der Waals surface area contributed by atoms with Crippen LogP contribution in [-0.4, -0.2) is 22.8 Å². The van der Waals surface area contributed by atoms with Crippen LogP contribution in [0.2, 0.25) is 0 Å². The summed E-state index contributed by atoms with van der Waals surface area (Å²) in [4.78, 5) is 2.02. The molecule has 7 aromatic rings.